The number of halogens is 2. The lowest BCUT2D eigenvalue weighted by atomic mass is 10.1. The van der Waals surface area contributed by atoms with E-state index in [4.69, 9.17) is 21.1 Å². The van der Waals surface area contributed by atoms with E-state index in [9.17, 15) is 5.11 Å². The van der Waals surface area contributed by atoms with Crippen molar-refractivity contribution in [2.24, 2.45) is 0 Å². The summed E-state index contributed by atoms with van der Waals surface area (Å²) in [6, 6.07) is 13.5. The molecule has 136 valence electrons. The van der Waals surface area contributed by atoms with Crippen LogP contribution in [0.4, 0.5) is 0 Å². The van der Waals surface area contributed by atoms with Crippen molar-refractivity contribution >= 4 is 34.2 Å². The maximum Gasteiger partial charge on any atom is 0.160 e. The zero-order chi connectivity index (χ0) is 18.2. The summed E-state index contributed by atoms with van der Waals surface area (Å²) in [5.74, 6) is 1.45. The maximum absolute atomic E-state index is 10.4. The lowest BCUT2D eigenvalue weighted by Gasteiger charge is -2.20. The summed E-state index contributed by atoms with van der Waals surface area (Å²) in [5, 5.41) is 14.4. The minimum Gasteiger partial charge on any atom is -0.493 e. The molecule has 25 heavy (non-hydrogen) atoms. The molecule has 0 saturated carbocycles. The highest BCUT2D eigenvalue weighted by Crippen LogP contribution is 2.28. The van der Waals surface area contributed by atoms with Gasteiger partial charge in [-0.1, -0.05) is 58.5 Å². The van der Waals surface area contributed by atoms with Crippen LogP contribution in [-0.4, -0.2) is 36.3 Å². The number of rotatable bonds is 9. The molecule has 0 radical (unpaired) electrons. The Labute approximate surface area is 167 Å². The molecular formula is C19H23ClINO3. The van der Waals surface area contributed by atoms with Crippen LogP contribution >= 0.6 is 34.2 Å². The Morgan fingerprint density at radius 1 is 1.12 bits per heavy atom. The predicted molar refractivity (Wildman–Crippen MR) is 110 cm³/mol. The molecule has 2 aromatic carbocycles. The third kappa shape index (κ3) is 5.74. The van der Waals surface area contributed by atoms with Gasteiger partial charge < -0.3 is 19.9 Å². The van der Waals surface area contributed by atoms with Gasteiger partial charge in [-0.15, -0.1) is 0 Å². The number of ether oxygens (including phenoxy) is 2. The SMILES string of the molecule is COc1ccc(CC(CI)NC[C@H](O)c2ccccc2Cl)cc1OC. The minimum atomic E-state index is -0.635. The molecule has 0 aliphatic carbocycles. The fourth-order valence-corrected chi connectivity index (χ4v) is 3.49. The highest BCUT2D eigenvalue weighted by Gasteiger charge is 2.15. The average Bonchev–Trinajstić information content (AvgIpc) is 2.64. The predicted octanol–water partition coefficient (Wildman–Crippen LogP) is 4.03. The van der Waals surface area contributed by atoms with E-state index >= 15 is 0 Å². The van der Waals surface area contributed by atoms with Gasteiger partial charge in [-0.25, -0.2) is 0 Å². The molecular weight excluding hydrogens is 453 g/mol. The molecule has 2 N–H and O–H groups in total. The van der Waals surface area contributed by atoms with Crippen LogP contribution in [0.1, 0.15) is 17.2 Å². The zero-order valence-corrected chi connectivity index (χ0v) is 17.3. The molecule has 0 heterocycles. The molecule has 0 aromatic heterocycles. The molecule has 4 nitrogen and oxygen atoms in total. The second-order valence-corrected chi connectivity index (χ2v) is 6.98. The van der Waals surface area contributed by atoms with Crippen LogP contribution in [0.3, 0.4) is 0 Å². The maximum atomic E-state index is 10.4. The Kier molecular flexibility index (Phi) is 8.29. The van der Waals surface area contributed by atoms with Gasteiger partial charge in [0, 0.05) is 27.6 Å². The molecule has 0 amide bonds. The van der Waals surface area contributed by atoms with Gasteiger partial charge >= 0.3 is 0 Å². The first-order chi connectivity index (χ1) is 12.1. The second kappa shape index (κ2) is 10.2. The summed E-state index contributed by atoms with van der Waals surface area (Å²) in [6.45, 7) is 0.449. The van der Waals surface area contributed by atoms with Gasteiger partial charge in [0.2, 0.25) is 0 Å². The molecule has 0 spiro atoms. The highest BCUT2D eigenvalue weighted by atomic mass is 127. The summed E-state index contributed by atoms with van der Waals surface area (Å²) in [5.41, 5.74) is 1.90. The Morgan fingerprint density at radius 3 is 2.48 bits per heavy atom. The highest BCUT2D eigenvalue weighted by molar-refractivity contribution is 14.1. The molecule has 0 aliphatic rings. The molecule has 2 rings (SSSR count). The zero-order valence-electron chi connectivity index (χ0n) is 14.3. The smallest absolute Gasteiger partial charge is 0.160 e. The molecule has 1 unspecified atom stereocenters. The monoisotopic (exact) mass is 475 g/mol. The largest absolute Gasteiger partial charge is 0.493 e. The van der Waals surface area contributed by atoms with E-state index in [1.54, 1.807) is 20.3 Å². The molecule has 0 aliphatic heterocycles. The molecule has 0 bridgehead atoms. The lowest BCUT2D eigenvalue weighted by Crippen LogP contribution is -2.35. The Morgan fingerprint density at radius 2 is 1.84 bits per heavy atom. The van der Waals surface area contributed by atoms with Gasteiger partial charge in [0.1, 0.15) is 0 Å². The van der Waals surface area contributed by atoms with Gasteiger partial charge in [0.25, 0.3) is 0 Å². The fraction of sp³-hybridized carbons (Fsp3) is 0.368. The van der Waals surface area contributed by atoms with E-state index in [-0.39, 0.29) is 6.04 Å². The second-order valence-electron chi connectivity index (χ2n) is 5.69. The van der Waals surface area contributed by atoms with Crippen molar-refractivity contribution in [2.75, 3.05) is 25.2 Å². The Balaban J connectivity index is 1.97. The number of nitrogens with one attached hydrogen (secondary N) is 1. The van der Waals surface area contributed by atoms with Crippen molar-refractivity contribution in [3.8, 4) is 11.5 Å². The molecule has 2 atom stereocenters. The number of hydrogen-bond acceptors (Lipinski definition) is 4. The van der Waals surface area contributed by atoms with Crippen LogP contribution in [0.2, 0.25) is 5.02 Å². The third-order valence-electron chi connectivity index (χ3n) is 3.98. The van der Waals surface area contributed by atoms with Crippen molar-refractivity contribution in [3.05, 3.63) is 58.6 Å². The molecule has 0 saturated heterocycles. The van der Waals surface area contributed by atoms with Gasteiger partial charge in [0.05, 0.1) is 20.3 Å². The van der Waals surface area contributed by atoms with Crippen LogP contribution < -0.4 is 14.8 Å². The normalized spacial score (nSPS) is 13.3. The molecule has 2 aromatic rings. The van der Waals surface area contributed by atoms with E-state index in [1.165, 1.54) is 0 Å². The Bertz CT molecular complexity index is 683. The van der Waals surface area contributed by atoms with E-state index in [1.807, 2.05) is 36.4 Å². The topological polar surface area (TPSA) is 50.7 Å². The number of benzene rings is 2. The van der Waals surface area contributed by atoms with Crippen molar-refractivity contribution in [1.82, 2.24) is 5.32 Å². The van der Waals surface area contributed by atoms with Crippen molar-refractivity contribution in [3.63, 3.8) is 0 Å². The van der Waals surface area contributed by atoms with Crippen LogP contribution in [-0.2, 0) is 6.42 Å². The summed E-state index contributed by atoms with van der Waals surface area (Å²) in [6.07, 6.45) is 0.197. The van der Waals surface area contributed by atoms with Crippen LogP contribution in [0.5, 0.6) is 11.5 Å². The number of aliphatic hydroxyl groups is 1. The molecule has 0 fully saturated rings. The number of hydrogen-bond donors (Lipinski definition) is 2. The van der Waals surface area contributed by atoms with Gasteiger partial charge in [-0.05, 0) is 30.2 Å². The summed E-state index contributed by atoms with van der Waals surface area (Å²) >= 11 is 8.50. The van der Waals surface area contributed by atoms with Gasteiger partial charge in [-0.2, -0.15) is 0 Å². The minimum absolute atomic E-state index is 0.232. The van der Waals surface area contributed by atoms with Crippen molar-refractivity contribution < 1.29 is 14.6 Å². The standard InChI is InChI=1S/C19H23ClINO3/c1-24-18-8-7-13(10-19(18)25-2)9-14(11-21)22-12-17(23)15-5-3-4-6-16(15)20/h3-8,10,14,17,22-23H,9,11-12H2,1-2H3/t14?,17-/m0/s1. The first-order valence-electron chi connectivity index (χ1n) is 8.01. The average molecular weight is 476 g/mol. The number of methoxy groups -OCH3 is 2. The van der Waals surface area contributed by atoms with Crippen molar-refractivity contribution in [2.45, 2.75) is 18.6 Å². The number of alkyl halides is 1. The third-order valence-corrected chi connectivity index (χ3v) is 5.39. The molecule has 6 heteroatoms. The fourth-order valence-electron chi connectivity index (χ4n) is 2.61. The van der Waals surface area contributed by atoms with Gasteiger partial charge in [-0.3, -0.25) is 0 Å². The summed E-state index contributed by atoms with van der Waals surface area (Å²) < 4.78 is 11.6. The number of aliphatic hydroxyl groups excluding tert-OH is 1. The summed E-state index contributed by atoms with van der Waals surface area (Å²) in [7, 11) is 3.26. The first-order valence-corrected chi connectivity index (χ1v) is 9.92. The van der Waals surface area contributed by atoms with Crippen molar-refractivity contribution in [1.29, 1.82) is 0 Å². The van der Waals surface area contributed by atoms with E-state index in [0.717, 1.165) is 33.5 Å². The Hall–Kier alpha value is -1.02. The van der Waals surface area contributed by atoms with E-state index in [0.29, 0.717) is 11.6 Å². The van der Waals surface area contributed by atoms with Crippen LogP contribution in [0, 0.1) is 0 Å². The van der Waals surface area contributed by atoms with E-state index < -0.39 is 6.10 Å². The van der Waals surface area contributed by atoms with E-state index in [2.05, 4.69) is 27.9 Å². The quantitative estimate of drug-likeness (QED) is 0.425. The summed E-state index contributed by atoms with van der Waals surface area (Å²) in [4.78, 5) is 0. The lowest BCUT2D eigenvalue weighted by molar-refractivity contribution is 0.171. The van der Waals surface area contributed by atoms with Crippen LogP contribution in [0.25, 0.3) is 0 Å². The van der Waals surface area contributed by atoms with Crippen LogP contribution in [0.15, 0.2) is 42.5 Å². The van der Waals surface area contributed by atoms with Gasteiger partial charge in [0.15, 0.2) is 11.5 Å². The first kappa shape index (κ1) is 20.3.